The molecule has 4 aromatic rings. The fourth-order valence-electron chi connectivity index (χ4n) is 4.35. The minimum atomic E-state index is -3.59. The highest BCUT2D eigenvalue weighted by Crippen LogP contribution is 2.41. The quantitative estimate of drug-likeness (QED) is 0.271. The number of hydrogen-bond donors (Lipinski definition) is 1. The first-order valence-electron chi connectivity index (χ1n) is 11.4. The number of anilines is 1. The molecule has 0 amide bonds. The van der Waals surface area contributed by atoms with Crippen molar-refractivity contribution in [2.75, 3.05) is 18.8 Å². The van der Waals surface area contributed by atoms with Crippen molar-refractivity contribution >= 4 is 55.6 Å². The van der Waals surface area contributed by atoms with Gasteiger partial charge in [-0.15, -0.1) is 0 Å². The maximum Gasteiger partial charge on any atom is 0.243 e. The highest BCUT2D eigenvalue weighted by Gasteiger charge is 2.28. The largest absolute Gasteiger partial charge is 0.478 e. The number of rotatable bonds is 6. The first kappa shape index (κ1) is 25.5. The van der Waals surface area contributed by atoms with Crippen LogP contribution >= 0.6 is 23.2 Å². The van der Waals surface area contributed by atoms with Gasteiger partial charge in [-0.1, -0.05) is 47.5 Å². The lowest BCUT2D eigenvalue weighted by Gasteiger charge is -2.25. The zero-order valence-corrected chi connectivity index (χ0v) is 21.9. The number of nitrogens with zero attached hydrogens (tertiary/aromatic N) is 2. The Kier molecular flexibility index (Phi) is 6.89. The lowest BCUT2D eigenvalue weighted by Crippen LogP contribution is -2.34. The Morgan fingerprint density at radius 1 is 1.19 bits per heavy atom. The average molecular weight is 562 g/mol. The fraction of sp³-hybridized carbons (Fsp3) is 0.192. The van der Waals surface area contributed by atoms with Gasteiger partial charge in [0.25, 0.3) is 0 Å². The molecule has 2 N–H and O–H groups in total. The number of furan rings is 1. The van der Waals surface area contributed by atoms with E-state index in [0.29, 0.717) is 23.9 Å². The SMILES string of the molecule is C[C@@H](Oc1c(N)ncc2c(C3=CCN(S(=O)(=O)c4ccccc4)CC3)coc12)c1c(Cl)ccc(F)c1Cl. The molecular formula is C26H22Cl2FN3O4S. The van der Waals surface area contributed by atoms with Crippen LogP contribution in [-0.4, -0.2) is 30.8 Å². The summed E-state index contributed by atoms with van der Waals surface area (Å²) in [6, 6.07) is 10.9. The van der Waals surface area contributed by atoms with Crippen molar-refractivity contribution in [1.29, 1.82) is 0 Å². The van der Waals surface area contributed by atoms with Crippen LogP contribution in [0.5, 0.6) is 5.75 Å². The van der Waals surface area contributed by atoms with Gasteiger partial charge < -0.3 is 14.9 Å². The van der Waals surface area contributed by atoms with Crippen LogP contribution in [-0.2, 0) is 10.0 Å². The van der Waals surface area contributed by atoms with Crippen molar-refractivity contribution < 1.29 is 22.0 Å². The predicted octanol–water partition coefficient (Wildman–Crippen LogP) is 6.47. The molecule has 7 nitrogen and oxygen atoms in total. The number of fused-ring (bicyclic) bond motifs is 1. The van der Waals surface area contributed by atoms with Gasteiger partial charge in [-0.2, -0.15) is 4.31 Å². The number of sulfonamides is 1. The molecule has 0 unspecified atom stereocenters. The molecule has 0 bridgehead atoms. The van der Waals surface area contributed by atoms with Gasteiger partial charge in [0.15, 0.2) is 11.4 Å². The van der Waals surface area contributed by atoms with Crippen LogP contribution in [0.15, 0.2) is 70.3 Å². The van der Waals surface area contributed by atoms with Crippen LogP contribution < -0.4 is 10.5 Å². The highest BCUT2D eigenvalue weighted by molar-refractivity contribution is 7.89. The highest BCUT2D eigenvalue weighted by atomic mass is 35.5. The van der Waals surface area contributed by atoms with Crippen LogP contribution in [0, 0.1) is 5.82 Å². The summed E-state index contributed by atoms with van der Waals surface area (Å²) in [7, 11) is -3.59. The van der Waals surface area contributed by atoms with E-state index in [4.69, 9.17) is 38.1 Å². The van der Waals surface area contributed by atoms with E-state index >= 15 is 0 Å². The number of pyridine rings is 1. The van der Waals surface area contributed by atoms with Crippen molar-refractivity contribution in [1.82, 2.24) is 9.29 Å². The second-order valence-corrected chi connectivity index (χ2v) is 11.3. The zero-order chi connectivity index (χ0) is 26.3. The summed E-state index contributed by atoms with van der Waals surface area (Å²) in [5, 5.41) is 0.764. The van der Waals surface area contributed by atoms with Crippen molar-refractivity contribution in [3.63, 3.8) is 0 Å². The number of hydrogen-bond acceptors (Lipinski definition) is 6. The van der Waals surface area contributed by atoms with E-state index in [0.717, 1.165) is 11.1 Å². The molecule has 1 aliphatic heterocycles. The smallest absolute Gasteiger partial charge is 0.243 e. The summed E-state index contributed by atoms with van der Waals surface area (Å²) in [5.74, 6) is -0.354. The number of nitrogen functional groups attached to an aromatic ring is 1. The van der Waals surface area contributed by atoms with E-state index in [-0.39, 0.29) is 38.6 Å². The van der Waals surface area contributed by atoms with Crippen molar-refractivity contribution in [2.45, 2.75) is 24.3 Å². The lowest BCUT2D eigenvalue weighted by atomic mass is 10.0. The van der Waals surface area contributed by atoms with Gasteiger partial charge in [-0.3, -0.25) is 0 Å². The van der Waals surface area contributed by atoms with Crippen LogP contribution in [0.3, 0.4) is 0 Å². The van der Waals surface area contributed by atoms with Gasteiger partial charge in [0.1, 0.15) is 11.9 Å². The van der Waals surface area contributed by atoms with Crippen molar-refractivity contribution in [2.24, 2.45) is 0 Å². The first-order chi connectivity index (χ1) is 17.7. The average Bonchev–Trinajstić information content (AvgIpc) is 3.33. The molecule has 37 heavy (non-hydrogen) atoms. The minimum absolute atomic E-state index is 0.0849. The molecule has 1 atom stereocenters. The third kappa shape index (κ3) is 4.68. The maximum absolute atomic E-state index is 14.0. The summed E-state index contributed by atoms with van der Waals surface area (Å²) < 4.78 is 53.3. The van der Waals surface area contributed by atoms with Gasteiger partial charge in [-0.25, -0.2) is 17.8 Å². The van der Waals surface area contributed by atoms with E-state index in [9.17, 15) is 12.8 Å². The Bertz CT molecular complexity index is 1620. The van der Waals surface area contributed by atoms with Crippen LogP contribution in [0.2, 0.25) is 10.0 Å². The van der Waals surface area contributed by atoms with Gasteiger partial charge in [0, 0.05) is 35.4 Å². The zero-order valence-electron chi connectivity index (χ0n) is 19.6. The third-order valence-electron chi connectivity index (χ3n) is 6.28. The number of benzene rings is 2. The molecule has 5 rings (SSSR count). The summed E-state index contributed by atoms with van der Waals surface area (Å²) in [5.41, 5.74) is 8.42. The van der Waals surface area contributed by atoms with Crippen LogP contribution in [0.1, 0.15) is 30.6 Å². The van der Waals surface area contributed by atoms with Gasteiger partial charge in [0.2, 0.25) is 15.8 Å². The Balaban J connectivity index is 1.44. The molecule has 0 aliphatic carbocycles. The Labute approximate surface area is 223 Å². The number of ether oxygens (including phenoxy) is 1. The third-order valence-corrected chi connectivity index (χ3v) is 8.87. The molecule has 1 aliphatic rings. The van der Waals surface area contributed by atoms with E-state index in [1.54, 1.807) is 49.7 Å². The van der Waals surface area contributed by atoms with Gasteiger partial charge >= 0.3 is 0 Å². The summed E-state index contributed by atoms with van der Waals surface area (Å²) >= 11 is 12.4. The van der Waals surface area contributed by atoms with E-state index in [2.05, 4.69) is 4.98 Å². The molecule has 0 fully saturated rings. The van der Waals surface area contributed by atoms with E-state index in [1.165, 1.54) is 16.4 Å². The molecule has 2 aromatic carbocycles. The summed E-state index contributed by atoms with van der Waals surface area (Å²) in [6.07, 6.45) is 4.73. The first-order valence-corrected chi connectivity index (χ1v) is 13.6. The lowest BCUT2D eigenvalue weighted by molar-refractivity contribution is 0.227. The topological polar surface area (TPSA) is 98.7 Å². The monoisotopic (exact) mass is 561 g/mol. The van der Waals surface area contributed by atoms with Crippen molar-refractivity contribution in [3.8, 4) is 5.75 Å². The van der Waals surface area contributed by atoms with Crippen molar-refractivity contribution in [3.05, 3.63) is 88.0 Å². The molecule has 0 radical (unpaired) electrons. The molecule has 192 valence electrons. The Hall–Kier alpha value is -3.11. The molecule has 11 heteroatoms. The molecule has 0 saturated heterocycles. The molecule has 3 heterocycles. The summed E-state index contributed by atoms with van der Waals surface area (Å²) in [6.45, 7) is 2.20. The molecule has 0 saturated carbocycles. The number of halogens is 3. The van der Waals surface area contributed by atoms with E-state index in [1.807, 2.05) is 6.08 Å². The van der Waals surface area contributed by atoms with Gasteiger partial charge in [-0.05, 0) is 43.2 Å². The van der Waals surface area contributed by atoms with E-state index < -0.39 is 21.9 Å². The minimum Gasteiger partial charge on any atom is -0.478 e. The Morgan fingerprint density at radius 2 is 1.95 bits per heavy atom. The Morgan fingerprint density at radius 3 is 2.65 bits per heavy atom. The van der Waals surface area contributed by atoms with Crippen LogP contribution in [0.4, 0.5) is 10.2 Å². The predicted molar refractivity (Wildman–Crippen MR) is 142 cm³/mol. The fourth-order valence-corrected chi connectivity index (χ4v) is 6.43. The normalized spacial score (nSPS) is 15.5. The molecular weight excluding hydrogens is 540 g/mol. The standard InChI is InChI=1S/C26H22Cl2FN3O4S/c1-15(22-20(27)7-8-21(29)23(22)28)36-25-24-18(13-31-26(25)30)19(14-35-24)16-9-11-32(12-10-16)37(33,34)17-5-3-2-4-6-17/h2-9,13-15H,10-12H2,1H3,(H2,30,31)/t15-/m1/s1. The number of nitrogens with two attached hydrogens (primary N) is 1. The maximum atomic E-state index is 14.0. The van der Waals surface area contributed by atoms with Gasteiger partial charge in [0.05, 0.1) is 21.6 Å². The molecule has 2 aromatic heterocycles. The number of aromatic nitrogens is 1. The van der Waals surface area contributed by atoms with Crippen LogP contribution in [0.25, 0.3) is 16.5 Å². The second-order valence-electron chi connectivity index (χ2n) is 8.54. The summed E-state index contributed by atoms with van der Waals surface area (Å²) in [4.78, 5) is 4.52. The second kappa shape index (κ2) is 9.98. The molecule has 0 spiro atoms.